The van der Waals surface area contributed by atoms with Crippen LogP contribution in [-0.4, -0.2) is 42.8 Å². The van der Waals surface area contributed by atoms with Crippen LogP contribution in [0, 0.1) is 0 Å². The van der Waals surface area contributed by atoms with E-state index in [1.165, 1.54) is 38.8 Å². The van der Waals surface area contributed by atoms with Crippen LogP contribution in [0.2, 0.25) is 0 Å². The second-order valence-electron chi connectivity index (χ2n) is 8.00. The molecule has 0 aliphatic carbocycles. The number of carbonyl (C=O) groups excluding carboxylic acids is 3. The second kappa shape index (κ2) is 10.1. The molecule has 1 heterocycles. The minimum Gasteiger partial charge on any atom is -0.371 e. The van der Waals surface area contributed by atoms with Crippen molar-refractivity contribution in [1.29, 1.82) is 0 Å². The summed E-state index contributed by atoms with van der Waals surface area (Å²) in [6, 6.07) is 13.1. The third-order valence-electron chi connectivity index (χ3n) is 5.26. The van der Waals surface area contributed by atoms with E-state index in [4.69, 9.17) is 0 Å². The van der Waals surface area contributed by atoms with Gasteiger partial charge in [0.15, 0.2) is 0 Å². The third-order valence-corrected chi connectivity index (χ3v) is 5.26. The predicted molar refractivity (Wildman–Crippen MR) is 123 cm³/mol. The fourth-order valence-electron chi connectivity index (χ4n) is 3.94. The number of hydrogen-bond acceptors (Lipinski definition) is 4. The van der Waals surface area contributed by atoms with Gasteiger partial charge in [0.1, 0.15) is 0 Å². The molecule has 0 saturated carbocycles. The normalized spacial score (nSPS) is 13.5. The zero-order chi connectivity index (χ0) is 22.4. The lowest BCUT2D eigenvalue weighted by Crippen LogP contribution is -2.32. The number of hydrogen-bond donors (Lipinski definition) is 2. The first kappa shape index (κ1) is 22.3. The van der Waals surface area contributed by atoms with Crippen LogP contribution in [0.1, 0.15) is 49.0 Å². The molecule has 0 radical (unpaired) electrons. The lowest BCUT2D eigenvalue weighted by molar-refractivity contribution is -0.115. The summed E-state index contributed by atoms with van der Waals surface area (Å²) in [7, 11) is 1.76. The molecule has 3 rings (SSSR count). The largest absolute Gasteiger partial charge is 0.371 e. The minimum atomic E-state index is -0.248. The molecular weight excluding hydrogens is 392 g/mol. The highest BCUT2D eigenvalue weighted by Gasteiger charge is 2.19. The zero-order valence-corrected chi connectivity index (χ0v) is 18.4. The van der Waals surface area contributed by atoms with Crippen molar-refractivity contribution < 1.29 is 14.4 Å². The Kier molecular flexibility index (Phi) is 7.28. The van der Waals surface area contributed by atoms with Crippen LogP contribution >= 0.6 is 0 Å². The van der Waals surface area contributed by atoms with Gasteiger partial charge in [-0.15, -0.1) is 0 Å². The van der Waals surface area contributed by atoms with Crippen LogP contribution in [-0.2, 0) is 16.1 Å². The molecule has 2 aromatic rings. The molecule has 0 spiro atoms. The zero-order valence-electron chi connectivity index (χ0n) is 18.4. The van der Waals surface area contributed by atoms with Crippen LogP contribution in [0.5, 0.6) is 0 Å². The average molecular weight is 423 g/mol. The molecule has 7 heteroatoms. The number of amides is 3. The van der Waals surface area contributed by atoms with Crippen molar-refractivity contribution in [2.75, 3.05) is 35.7 Å². The molecule has 0 bridgehead atoms. The maximum absolute atomic E-state index is 13.2. The molecule has 3 amide bonds. The van der Waals surface area contributed by atoms with E-state index in [1.807, 2.05) is 12.1 Å². The molecule has 7 nitrogen and oxygen atoms in total. The monoisotopic (exact) mass is 422 g/mol. The number of rotatable bonds is 6. The summed E-state index contributed by atoms with van der Waals surface area (Å²) in [6.07, 6.45) is 3.63. The molecule has 164 valence electrons. The summed E-state index contributed by atoms with van der Waals surface area (Å²) in [4.78, 5) is 40.2. The Hall–Kier alpha value is -3.35. The van der Waals surface area contributed by atoms with Gasteiger partial charge in [0.2, 0.25) is 11.8 Å². The van der Waals surface area contributed by atoms with Crippen molar-refractivity contribution in [3.8, 4) is 0 Å². The van der Waals surface area contributed by atoms with Crippen molar-refractivity contribution in [1.82, 2.24) is 4.90 Å². The number of piperidine rings is 1. The third kappa shape index (κ3) is 6.07. The second-order valence-corrected chi connectivity index (χ2v) is 8.00. The Bertz CT molecular complexity index is 933. The number of para-hydroxylation sites is 1. The van der Waals surface area contributed by atoms with E-state index in [9.17, 15) is 14.4 Å². The summed E-state index contributed by atoms with van der Waals surface area (Å²) in [5.41, 5.74) is 3.59. The van der Waals surface area contributed by atoms with Crippen LogP contribution in [0.15, 0.2) is 42.5 Å². The highest BCUT2D eigenvalue weighted by Crippen LogP contribution is 2.26. The fourth-order valence-corrected chi connectivity index (χ4v) is 3.94. The minimum absolute atomic E-state index is 0.188. The van der Waals surface area contributed by atoms with Crippen LogP contribution in [0.25, 0.3) is 0 Å². The standard InChI is InChI=1S/C24H30N4O3/c1-17(29)25-21-13-20(14-22(15-21)26-18(2)30)24(31)27(3)16-19-9-5-6-10-23(19)28-11-7-4-8-12-28/h5-6,9-10,13-15H,4,7-8,11-12,16H2,1-3H3,(H,25,29)(H,26,30). The van der Waals surface area contributed by atoms with Crippen LogP contribution in [0.3, 0.4) is 0 Å². The highest BCUT2D eigenvalue weighted by molar-refractivity contribution is 5.99. The van der Waals surface area contributed by atoms with E-state index in [2.05, 4.69) is 27.7 Å². The van der Waals surface area contributed by atoms with Gasteiger partial charge in [0.05, 0.1) is 0 Å². The molecule has 1 fully saturated rings. The SMILES string of the molecule is CC(=O)Nc1cc(NC(C)=O)cc(C(=O)N(C)Cc2ccccc2N2CCCCC2)c1. The first-order valence-electron chi connectivity index (χ1n) is 10.6. The van der Waals surface area contributed by atoms with Gasteiger partial charge in [0, 0.05) is 63.2 Å². The first-order chi connectivity index (χ1) is 14.8. The van der Waals surface area contributed by atoms with Gasteiger partial charge in [0.25, 0.3) is 5.91 Å². The van der Waals surface area contributed by atoms with Gasteiger partial charge in [-0.2, -0.15) is 0 Å². The average Bonchev–Trinajstić information content (AvgIpc) is 2.73. The summed E-state index contributed by atoms with van der Waals surface area (Å²) in [5, 5.41) is 5.37. The number of anilines is 3. The van der Waals surface area contributed by atoms with E-state index in [-0.39, 0.29) is 17.7 Å². The van der Waals surface area contributed by atoms with E-state index < -0.39 is 0 Å². The number of nitrogens with one attached hydrogen (secondary N) is 2. The number of nitrogens with zero attached hydrogens (tertiary/aromatic N) is 2. The molecular formula is C24H30N4O3. The molecule has 0 aromatic heterocycles. The van der Waals surface area contributed by atoms with E-state index in [1.54, 1.807) is 30.1 Å². The first-order valence-corrected chi connectivity index (χ1v) is 10.6. The van der Waals surface area contributed by atoms with Crippen molar-refractivity contribution in [2.24, 2.45) is 0 Å². The maximum atomic E-state index is 13.2. The van der Waals surface area contributed by atoms with Crippen LogP contribution in [0.4, 0.5) is 17.1 Å². The Labute approximate surface area is 183 Å². The topological polar surface area (TPSA) is 81.8 Å². The Balaban J connectivity index is 1.83. The summed E-state index contributed by atoms with van der Waals surface area (Å²) in [6.45, 7) is 5.33. The smallest absolute Gasteiger partial charge is 0.254 e. The van der Waals surface area contributed by atoms with Gasteiger partial charge < -0.3 is 20.4 Å². The molecule has 2 N–H and O–H groups in total. The fraction of sp³-hybridized carbons (Fsp3) is 0.375. The summed E-state index contributed by atoms with van der Waals surface area (Å²) < 4.78 is 0. The Morgan fingerprint density at radius 1 is 0.903 bits per heavy atom. The van der Waals surface area contributed by atoms with Gasteiger partial charge >= 0.3 is 0 Å². The van der Waals surface area contributed by atoms with Crippen molar-refractivity contribution in [2.45, 2.75) is 39.7 Å². The maximum Gasteiger partial charge on any atom is 0.254 e. The molecule has 31 heavy (non-hydrogen) atoms. The summed E-state index contributed by atoms with van der Waals surface area (Å²) in [5.74, 6) is -0.684. The lowest BCUT2D eigenvalue weighted by Gasteiger charge is -2.31. The van der Waals surface area contributed by atoms with Gasteiger partial charge in [-0.25, -0.2) is 0 Å². The van der Waals surface area contributed by atoms with Crippen molar-refractivity contribution in [3.05, 3.63) is 53.6 Å². The van der Waals surface area contributed by atoms with Crippen molar-refractivity contribution >= 4 is 34.8 Å². The Morgan fingerprint density at radius 2 is 1.48 bits per heavy atom. The molecule has 0 unspecified atom stereocenters. The number of carbonyl (C=O) groups is 3. The van der Waals surface area contributed by atoms with Crippen LogP contribution < -0.4 is 15.5 Å². The molecule has 0 atom stereocenters. The Morgan fingerprint density at radius 3 is 2.06 bits per heavy atom. The van der Waals surface area contributed by atoms with Crippen molar-refractivity contribution in [3.63, 3.8) is 0 Å². The highest BCUT2D eigenvalue weighted by atomic mass is 16.2. The molecule has 1 aliphatic heterocycles. The van der Waals surface area contributed by atoms with E-state index in [0.717, 1.165) is 18.7 Å². The van der Waals surface area contributed by atoms with Gasteiger partial charge in [-0.05, 0) is 49.1 Å². The van der Waals surface area contributed by atoms with E-state index in [0.29, 0.717) is 23.5 Å². The summed E-state index contributed by atoms with van der Waals surface area (Å²) >= 11 is 0. The van der Waals surface area contributed by atoms with E-state index >= 15 is 0 Å². The van der Waals surface area contributed by atoms with Gasteiger partial charge in [-0.3, -0.25) is 14.4 Å². The van der Waals surface area contributed by atoms with Gasteiger partial charge in [-0.1, -0.05) is 18.2 Å². The number of benzene rings is 2. The molecule has 1 aliphatic rings. The lowest BCUT2D eigenvalue weighted by atomic mass is 10.1. The quantitative estimate of drug-likeness (QED) is 0.741. The predicted octanol–water partition coefficient (Wildman–Crippen LogP) is 3.87. The molecule has 2 aromatic carbocycles. The molecule has 1 saturated heterocycles.